The zero-order valence-electron chi connectivity index (χ0n) is 4.93. The lowest BCUT2D eigenvalue weighted by Crippen LogP contribution is -2.40. The van der Waals surface area contributed by atoms with Gasteiger partial charge in [-0.2, -0.15) is 0 Å². The van der Waals surface area contributed by atoms with E-state index in [0.29, 0.717) is 0 Å². The van der Waals surface area contributed by atoms with E-state index in [-0.39, 0.29) is 6.17 Å². The van der Waals surface area contributed by atoms with Crippen LogP contribution in [0.4, 0.5) is 4.79 Å². The lowest BCUT2D eigenvalue weighted by molar-refractivity contribution is 0.189. The second-order valence-electron chi connectivity index (χ2n) is 1.46. The molecule has 4 nitrogen and oxygen atoms in total. The molecular weight excluding hydrogens is 108 g/mol. The molecule has 8 heavy (non-hydrogen) atoms. The van der Waals surface area contributed by atoms with Crippen LogP contribution >= 0.6 is 0 Å². The third-order valence-electron chi connectivity index (χ3n) is 0.773. The zero-order chi connectivity index (χ0) is 6.57. The maximum absolute atomic E-state index is 9.82. The molecule has 4 heteroatoms. The second-order valence-corrected chi connectivity index (χ2v) is 1.46. The van der Waals surface area contributed by atoms with Gasteiger partial charge in [-0.3, -0.25) is 0 Å². The summed E-state index contributed by atoms with van der Waals surface area (Å²) < 4.78 is 0. The Balaban J connectivity index is 3.24. The van der Waals surface area contributed by atoms with E-state index in [0.717, 1.165) is 0 Å². The molecule has 48 valence electrons. The first-order valence-corrected chi connectivity index (χ1v) is 2.33. The van der Waals surface area contributed by atoms with Gasteiger partial charge in [-0.05, 0) is 14.0 Å². The topological polar surface area (TPSA) is 61.4 Å². The van der Waals surface area contributed by atoms with Gasteiger partial charge in [0.15, 0.2) is 0 Å². The van der Waals surface area contributed by atoms with Crippen LogP contribution < -0.4 is 10.6 Å². The third kappa shape index (κ3) is 3.42. The van der Waals surface area contributed by atoms with E-state index in [1.165, 1.54) is 0 Å². The number of hydrogen-bond donors (Lipinski definition) is 3. The summed E-state index contributed by atoms with van der Waals surface area (Å²) in [7, 11) is 1.68. The molecule has 0 aromatic rings. The molecule has 1 amide bonds. The number of rotatable bonds is 2. The fourth-order valence-corrected chi connectivity index (χ4v) is 0.257. The van der Waals surface area contributed by atoms with E-state index < -0.39 is 6.09 Å². The van der Waals surface area contributed by atoms with Crippen LogP contribution in [0.5, 0.6) is 0 Å². The number of amides is 1. The Kier molecular flexibility index (Phi) is 2.95. The van der Waals surface area contributed by atoms with Crippen molar-refractivity contribution in [1.29, 1.82) is 0 Å². The minimum atomic E-state index is -1.01. The summed E-state index contributed by atoms with van der Waals surface area (Å²) in [5.74, 6) is 0. The molecule has 0 aliphatic carbocycles. The van der Waals surface area contributed by atoms with Crippen molar-refractivity contribution in [3.63, 3.8) is 0 Å². The third-order valence-corrected chi connectivity index (χ3v) is 0.773. The summed E-state index contributed by atoms with van der Waals surface area (Å²) in [6.07, 6.45) is -1.18. The van der Waals surface area contributed by atoms with Gasteiger partial charge in [-0.25, -0.2) is 4.79 Å². The summed E-state index contributed by atoms with van der Waals surface area (Å²) in [4.78, 5) is 9.82. The van der Waals surface area contributed by atoms with E-state index in [9.17, 15) is 4.79 Å². The Morgan fingerprint density at radius 2 is 2.25 bits per heavy atom. The van der Waals surface area contributed by atoms with Crippen molar-refractivity contribution in [2.75, 3.05) is 7.05 Å². The molecule has 0 saturated carbocycles. The maximum Gasteiger partial charge on any atom is 0.405 e. The number of hydrogen-bond acceptors (Lipinski definition) is 2. The van der Waals surface area contributed by atoms with Crippen LogP contribution in [0.15, 0.2) is 0 Å². The van der Waals surface area contributed by atoms with Crippen molar-refractivity contribution >= 4 is 6.09 Å². The molecule has 0 aromatic carbocycles. The summed E-state index contributed by atoms with van der Waals surface area (Å²) in [6, 6.07) is 0. The number of nitrogens with one attached hydrogen (secondary N) is 2. The zero-order valence-corrected chi connectivity index (χ0v) is 4.93. The lowest BCUT2D eigenvalue weighted by atomic mass is 10.6. The summed E-state index contributed by atoms with van der Waals surface area (Å²) >= 11 is 0. The molecule has 0 aliphatic heterocycles. The van der Waals surface area contributed by atoms with Crippen molar-refractivity contribution < 1.29 is 9.90 Å². The van der Waals surface area contributed by atoms with E-state index in [1.807, 2.05) is 0 Å². The number of carbonyl (C=O) groups is 1. The molecule has 0 heterocycles. The molecular formula is C4H10N2O2. The van der Waals surface area contributed by atoms with Gasteiger partial charge in [-0.1, -0.05) is 0 Å². The van der Waals surface area contributed by atoms with Crippen molar-refractivity contribution in [3.05, 3.63) is 0 Å². The normalized spacial score (nSPS) is 12.8. The molecule has 0 spiro atoms. The predicted octanol–water partition coefficient (Wildman–Crippen LogP) is -0.181. The van der Waals surface area contributed by atoms with Crippen molar-refractivity contribution in [2.45, 2.75) is 13.1 Å². The summed E-state index contributed by atoms with van der Waals surface area (Å²) in [5, 5.41) is 13.0. The van der Waals surface area contributed by atoms with Crippen LogP contribution in [0.1, 0.15) is 6.92 Å². The van der Waals surface area contributed by atoms with Gasteiger partial charge in [0.05, 0.1) is 6.17 Å². The highest BCUT2D eigenvalue weighted by atomic mass is 16.4. The molecule has 0 rings (SSSR count). The largest absolute Gasteiger partial charge is 0.465 e. The lowest BCUT2D eigenvalue weighted by Gasteiger charge is -2.07. The highest BCUT2D eigenvalue weighted by Crippen LogP contribution is 1.69. The average Bonchev–Trinajstić information content (AvgIpc) is 1.65. The SMILES string of the molecule is CNC(C)NC(=O)O. The van der Waals surface area contributed by atoms with Crippen molar-refractivity contribution in [2.24, 2.45) is 0 Å². The van der Waals surface area contributed by atoms with Crippen molar-refractivity contribution in [3.8, 4) is 0 Å². The van der Waals surface area contributed by atoms with Crippen LogP contribution in [-0.4, -0.2) is 24.4 Å². The quantitative estimate of drug-likeness (QED) is 0.441. The van der Waals surface area contributed by atoms with E-state index in [1.54, 1.807) is 14.0 Å². The van der Waals surface area contributed by atoms with Crippen LogP contribution in [0.25, 0.3) is 0 Å². The molecule has 0 aliphatic rings. The molecule has 1 atom stereocenters. The first-order chi connectivity index (χ1) is 3.66. The van der Waals surface area contributed by atoms with E-state index in [4.69, 9.17) is 5.11 Å². The summed E-state index contributed by atoms with van der Waals surface area (Å²) in [5.41, 5.74) is 0. The molecule has 1 unspecified atom stereocenters. The first-order valence-electron chi connectivity index (χ1n) is 2.33. The van der Waals surface area contributed by atoms with Gasteiger partial charge in [0.25, 0.3) is 0 Å². The van der Waals surface area contributed by atoms with Crippen LogP contribution in [-0.2, 0) is 0 Å². The first kappa shape index (κ1) is 7.23. The monoisotopic (exact) mass is 118 g/mol. The fraction of sp³-hybridized carbons (Fsp3) is 0.750. The minimum Gasteiger partial charge on any atom is -0.465 e. The minimum absolute atomic E-state index is 0.174. The highest BCUT2D eigenvalue weighted by molar-refractivity contribution is 5.64. The molecule has 3 N–H and O–H groups in total. The number of carboxylic acid groups (broad SMARTS) is 1. The Hall–Kier alpha value is -0.770. The van der Waals surface area contributed by atoms with E-state index in [2.05, 4.69) is 10.6 Å². The Morgan fingerprint density at radius 3 is 2.38 bits per heavy atom. The van der Waals surface area contributed by atoms with Gasteiger partial charge >= 0.3 is 6.09 Å². The van der Waals surface area contributed by atoms with Gasteiger partial charge in [0.1, 0.15) is 0 Å². The Bertz CT molecular complexity index is 84.1. The second kappa shape index (κ2) is 3.26. The highest BCUT2D eigenvalue weighted by Gasteiger charge is 1.98. The average molecular weight is 118 g/mol. The van der Waals surface area contributed by atoms with Crippen LogP contribution in [0.3, 0.4) is 0 Å². The maximum atomic E-state index is 9.82. The smallest absolute Gasteiger partial charge is 0.405 e. The van der Waals surface area contributed by atoms with Gasteiger partial charge < -0.3 is 15.7 Å². The Labute approximate surface area is 47.9 Å². The van der Waals surface area contributed by atoms with Gasteiger partial charge in [-0.15, -0.1) is 0 Å². The standard InChI is InChI=1S/C4H10N2O2/c1-3(5-2)6-4(7)8/h3,5-6H,1-2H3,(H,7,8). The van der Waals surface area contributed by atoms with Crippen LogP contribution in [0, 0.1) is 0 Å². The Morgan fingerprint density at radius 1 is 1.75 bits per heavy atom. The van der Waals surface area contributed by atoms with Gasteiger partial charge in [0.2, 0.25) is 0 Å². The molecule has 0 aromatic heterocycles. The van der Waals surface area contributed by atoms with Crippen molar-refractivity contribution in [1.82, 2.24) is 10.6 Å². The van der Waals surface area contributed by atoms with Gasteiger partial charge in [0, 0.05) is 0 Å². The van der Waals surface area contributed by atoms with Crippen LogP contribution in [0.2, 0.25) is 0 Å². The molecule has 0 fully saturated rings. The fourth-order valence-electron chi connectivity index (χ4n) is 0.257. The van der Waals surface area contributed by atoms with E-state index >= 15 is 0 Å². The summed E-state index contributed by atoms with van der Waals surface area (Å²) in [6.45, 7) is 1.72. The molecule has 0 radical (unpaired) electrons. The molecule has 0 bridgehead atoms. The molecule has 0 saturated heterocycles. The predicted molar refractivity (Wildman–Crippen MR) is 29.7 cm³/mol.